The molecule has 2 rings (SSSR count). The Bertz CT molecular complexity index is 624. The summed E-state index contributed by atoms with van der Waals surface area (Å²) in [7, 11) is 0. The summed E-state index contributed by atoms with van der Waals surface area (Å²) in [6.07, 6.45) is 3.34. The lowest BCUT2D eigenvalue weighted by Crippen LogP contribution is -2.47. The average Bonchev–Trinajstić information content (AvgIpc) is 3.07. The second-order valence-electron chi connectivity index (χ2n) is 5.96. The molecule has 7 heteroatoms. The van der Waals surface area contributed by atoms with Crippen molar-refractivity contribution in [3.05, 3.63) is 23.2 Å². The monoisotopic (exact) mass is 365 g/mol. The van der Waals surface area contributed by atoms with Crippen LogP contribution in [0.1, 0.15) is 32.6 Å². The van der Waals surface area contributed by atoms with Gasteiger partial charge in [0.25, 0.3) is 0 Å². The number of anilines is 1. The number of benzene rings is 1. The van der Waals surface area contributed by atoms with E-state index in [1.165, 1.54) is 0 Å². The van der Waals surface area contributed by atoms with Gasteiger partial charge in [0.05, 0.1) is 29.9 Å². The number of hydrogen-bond acceptors (Lipinski definition) is 5. The highest BCUT2D eigenvalue weighted by Gasteiger charge is 2.35. The van der Waals surface area contributed by atoms with Gasteiger partial charge in [-0.3, -0.25) is 4.79 Å². The normalized spacial score (nSPS) is 15.4. The molecule has 1 saturated carbocycles. The van der Waals surface area contributed by atoms with E-state index in [0.717, 1.165) is 12.8 Å². The number of nitrogens with zero attached hydrogens (tertiary/aromatic N) is 1. The molecule has 0 bridgehead atoms. The SMILES string of the molecule is CCOCCOc1c(Cl)cccc1NCC(=O)NC1(C#N)CCCC1. The molecule has 6 nitrogen and oxygen atoms in total. The van der Waals surface area contributed by atoms with Crippen molar-refractivity contribution < 1.29 is 14.3 Å². The fraction of sp³-hybridized carbons (Fsp3) is 0.556. The maximum Gasteiger partial charge on any atom is 0.240 e. The predicted octanol–water partition coefficient (Wildman–Crippen LogP) is 3.12. The first kappa shape index (κ1) is 19.4. The Balaban J connectivity index is 1.92. The van der Waals surface area contributed by atoms with Gasteiger partial charge in [0.2, 0.25) is 5.91 Å². The van der Waals surface area contributed by atoms with E-state index in [1.54, 1.807) is 18.2 Å². The van der Waals surface area contributed by atoms with Crippen LogP contribution in [0.25, 0.3) is 0 Å². The summed E-state index contributed by atoms with van der Waals surface area (Å²) >= 11 is 6.19. The molecule has 1 aromatic rings. The van der Waals surface area contributed by atoms with Crippen molar-refractivity contribution in [2.24, 2.45) is 0 Å². The van der Waals surface area contributed by atoms with Crippen LogP contribution in [0.3, 0.4) is 0 Å². The van der Waals surface area contributed by atoms with Gasteiger partial charge in [0.15, 0.2) is 5.75 Å². The van der Waals surface area contributed by atoms with Crippen molar-refractivity contribution in [1.82, 2.24) is 5.32 Å². The molecular weight excluding hydrogens is 342 g/mol. The lowest BCUT2D eigenvalue weighted by atomic mass is 10.00. The van der Waals surface area contributed by atoms with Crippen LogP contribution in [-0.2, 0) is 9.53 Å². The molecule has 1 aromatic carbocycles. The van der Waals surface area contributed by atoms with Crippen LogP contribution in [0.5, 0.6) is 5.75 Å². The lowest BCUT2D eigenvalue weighted by molar-refractivity contribution is -0.120. The molecule has 0 atom stereocenters. The molecule has 1 fully saturated rings. The molecule has 0 saturated heterocycles. The Kier molecular flexibility index (Phi) is 7.35. The summed E-state index contributed by atoms with van der Waals surface area (Å²) in [5.74, 6) is 0.274. The molecule has 0 heterocycles. The van der Waals surface area contributed by atoms with E-state index in [1.807, 2.05) is 6.92 Å². The van der Waals surface area contributed by atoms with Crippen LogP contribution >= 0.6 is 11.6 Å². The van der Waals surface area contributed by atoms with Crippen molar-refractivity contribution >= 4 is 23.2 Å². The number of nitrogens with one attached hydrogen (secondary N) is 2. The number of ether oxygens (including phenoxy) is 2. The molecule has 1 aliphatic rings. The quantitative estimate of drug-likeness (QED) is 0.657. The maximum absolute atomic E-state index is 12.2. The average molecular weight is 366 g/mol. The fourth-order valence-electron chi connectivity index (χ4n) is 2.87. The molecule has 136 valence electrons. The number of halogens is 1. The zero-order valence-corrected chi connectivity index (χ0v) is 15.2. The van der Waals surface area contributed by atoms with Gasteiger partial charge < -0.3 is 20.1 Å². The predicted molar refractivity (Wildman–Crippen MR) is 96.9 cm³/mol. The molecule has 0 aromatic heterocycles. The second kappa shape index (κ2) is 9.50. The third-order valence-corrected chi connectivity index (χ3v) is 4.43. The third kappa shape index (κ3) is 5.52. The molecule has 1 amide bonds. The van der Waals surface area contributed by atoms with Crippen LogP contribution in [0, 0.1) is 11.3 Å². The number of nitriles is 1. The zero-order chi connectivity index (χ0) is 18.1. The van der Waals surface area contributed by atoms with E-state index >= 15 is 0 Å². The standard InChI is InChI=1S/C18H24ClN3O3/c1-2-24-10-11-25-17-14(19)6-5-7-15(17)21-12-16(23)22-18(13-20)8-3-4-9-18/h5-7,21H,2-4,8-12H2,1H3,(H,22,23). The number of carbonyl (C=O) groups is 1. The lowest BCUT2D eigenvalue weighted by Gasteiger charge is -2.22. The minimum absolute atomic E-state index is 0.0472. The summed E-state index contributed by atoms with van der Waals surface area (Å²) in [5, 5.41) is 15.7. The van der Waals surface area contributed by atoms with Crippen LogP contribution in [-0.4, -0.2) is 37.8 Å². The van der Waals surface area contributed by atoms with Gasteiger partial charge in [-0.15, -0.1) is 0 Å². The van der Waals surface area contributed by atoms with Crippen molar-refractivity contribution in [2.75, 3.05) is 31.7 Å². The zero-order valence-electron chi connectivity index (χ0n) is 14.4. The van der Waals surface area contributed by atoms with E-state index in [4.69, 9.17) is 21.1 Å². The van der Waals surface area contributed by atoms with Gasteiger partial charge in [-0.25, -0.2) is 0 Å². The van der Waals surface area contributed by atoms with Crippen molar-refractivity contribution in [1.29, 1.82) is 5.26 Å². The minimum Gasteiger partial charge on any atom is -0.487 e. The highest BCUT2D eigenvalue weighted by molar-refractivity contribution is 6.32. The van der Waals surface area contributed by atoms with Gasteiger partial charge >= 0.3 is 0 Å². The van der Waals surface area contributed by atoms with E-state index in [9.17, 15) is 10.1 Å². The van der Waals surface area contributed by atoms with Gasteiger partial charge in [0, 0.05) is 6.61 Å². The van der Waals surface area contributed by atoms with Crippen LogP contribution in [0.4, 0.5) is 5.69 Å². The highest BCUT2D eigenvalue weighted by Crippen LogP contribution is 2.33. The molecule has 0 spiro atoms. The minimum atomic E-state index is -0.718. The maximum atomic E-state index is 12.2. The molecule has 2 N–H and O–H groups in total. The Morgan fingerprint density at radius 1 is 1.36 bits per heavy atom. The first-order valence-corrected chi connectivity index (χ1v) is 8.93. The number of amides is 1. The Labute approximate surface area is 153 Å². The van der Waals surface area contributed by atoms with Crippen molar-refractivity contribution in [3.8, 4) is 11.8 Å². The summed E-state index contributed by atoms with van der Waals surface area (Å²) in [4.78, 5) is 12.2. The van der Waals surface area contributed by atoms with Crippen LogP contribution in [0.15, 0.2) is 18.2 Å². The number of rotatable bonds is 9. The van der Waals surface area contributed by atoms with E-state index in [-0.39, 0.29) is 12.5 Å². The largest absolute Gasteiger partial charge is 0.487 e. The number of hydrogen-bond donors (Lipinski definition) is 2. The van der Waals surface area contributed by atoms with Gasteiger partial charge in [0.1, 0.15) is 12.1 Å². The third-order valence-electron chi connectivity index (χ3n) is 4.13. The Hall–Kier alpha value is -1.97. The number of para-hydroxylation sites is 1. The number of carbonyl (C=O) groups excluding carboxylic acids is 1. The van der Waals surface area contributed by atoms with E-state index in [0.29, 0.717) is 49.1 Å². The second-order valence-corrected chi connectivity index (χ2v) is 6.37. The Morgan fingerprint density at radius 2 is 2.12 bits per heavy atom. The highest BCUT2D eigenvalue weighted by atomic mass is 35.5. The molecule has 1 aliphatic carbocycles. The first-order chi connectivity index (χ1) is 12.1. The van der Waals surface area contributed by atoms with Crippen molar-refractivity contribution in [3.63, 3.8) is 0 Å². The molecule has 25 heavy (non-hydrogen) atoms. The van der Waals surface area contributed by atoms with Crippen LogP contribution in [0.2, 0.25) is 5.02 Å². The summed E-state index contributed by atoms with van der Waals surface area (Å²) in [5.41, 5.74) is -0.0826. The van der Waals surface area contributed by atoms with Gasteiger partial charge in [-0.1, -0.05) is 17.7 Å². The Morgan fingerprint density at radius 3 is 2.80 bits per heavy atom. The molecule has 0 unspecified atom stereocenters. The molecule has 0 aliphatic heterocycles. The summed E-state index contributed by atoms with van der Waals surface area (Å²) in [6, 6.07) is 7.56. The molecule has 0 radical (unpaired) electrons. The topological polar surface area (TPSA) is 83.4 Å². The van der Waals surface area contributed by atoms with Crippen molar-refractivity contribution in [2.45, 2.75) is 38.1 Å². The first-order valence-electron chi connectivity index (χ1n) is 8.55. The summed E-state index contributed by atoms with van der Waals surface area (Å²) in [6.45, 7) is 3.42. The van der Waals surface area contributed by atoms with E-state index < -0.39 is 5.54 Å². The fourth-order valence-corrected chi connectivity index (χ4v) is 3.10. The van der Waals surface area contributed by atoms with Crippen LogP contribution < -0.4 is 15.4 Å². The summed E-state index contributed by atoms with van der Waals surface area (Å²) < 4.78 is 10.9. The van der Waals surface area contributed by atoms with Gasteiger partial charge in [-0.05, 0) is 44.7 Å². The van der Waals surface area contributed by atoms with Gasteiger partial charge in [-0.2, -0.15) is 5.26 Å². The van der Waals surface area contributed by atoms with E-state index in [2.05, 4.69) is 16.7 Å². The smallest absolute Gasteiger partial charge is 0.240 e. The molecular formula is C18H24ClN3O3.